The second-order valence-electron chi connectivity index (χ2n) is 3.23. The van der Waals surface area contributed by atoms with Crippen molar-refractivity contribution in [1.29, 1.82) is 0 Å². The minimum atomic E-state index is -0.543. The molecule has 0 saturated carbocycles. The van der Waals surface area contributed by atoms with Gasteiger partial charge in [-0.05, 0) is 0 Å². The van der Waals surface area contributed by atoms with Crippen molar-refractivity contribution in [3.05, 3.63) is 0 Å². The quantitative estimate of drug-likeness (QED) is 0.466. The van der Waals surface area contributed by atoms with Crippen molar-refractivity contribution >= 4 is 28.6 Å². The Bertz CT molecular complexity index is 46.0. The fourth-order valence-electron chi connectivity index (χ4n) is 0. The van der Waals surface area contributed by atoms with E-state index in [4.69, 9.17) is 0 Å². The fourth-order valence-corrected chi connectivity index (χ4v) is 0. The molecule has 0 atom stereocenters. The molecule has 0 fully saturated rings. The summed E-state index contributed by atoms with van der Waals surface area (Å²) in [5, 5.41) is 0. The van der Waals surface area contributed by atoms with Crippen LogP contribution in [-0.4, -0.2) is 28.6 Å². The molecule has 0 spiro atoms. The Morgan fingerprint density at radius 1 is 0.900 bits per heavy atom. The van der Waals surface area contributed by atoms with Crippen molar-refractivity contribution in [2.24, 2.45) is 0 Å². The van der Waals surface area contributed by atoms with Crippen molar-refractivity contribution in [3.8, 4) is 12.8 Å². The molecular weight excluding hydrogens is 243 g/mol. The third kappa shape index (κ3) is 1490. The van der Waals surface area contributed by atoms with Gasteiger partial charge in [0.2, 0.25) is 0 Å². The first-order valence-corrected chi connectivity index (χ1v) is 15.6. The maximum atomic E-state index is 4.00. The van der Waals surface area contributed by atoms with E-state index in [1.54, 1.807) is 0 Å². The van der Waals surface area contributed by atoms with Gasteiger partial charge in [-0.25, -0.2) is 0 Å². The van der Waals surface area contributed by atoms with Crippen molar-refractivity contribution in [3.63, 3.8) is 0 Å². The molecule has 61 valence electrons. The Morgan fingerprint density at radius 2 is 0.900 bits per heavy atom. The normalized spacial score (nSPS) is 7.40. The minimum absolute atomic E-state index is 0.139. The van der Waals surface area contributed by atoms with Gasteiger partial charge in [-0.15, -0.1) is 12.8 Å². The zero-order valence-electron chi connectivity index (χ0n) is 8.23. The molecule has 1 radical (unpaired) electrons. The summed E-state index contributed by atoms with van der Waals surface area (Å²) in [7, 11) is -0.139. The van der Waals surface area contributed by atoms with Crippen LogP contribution in [0.5, 0.6) is 0 Å². The van der Waals surface area contributed by atoms with Crippen LogP contribution >= 0.6 is 0 Å². The summed E-state index contributed by atoms with van der Waals surface area (Å²) in [5.41, 5.74) is 0. The maximum absolute atomic E-state index is 4.00. The standard InChI is InChI=1S/C3H10Si.C2H2.3CH3.Sn/c1-4(2)3;1-2;;;;/h4H,1-3H3;1-2H;3*1H3;. The zero-order chi connectivity index (χ0) is 9.15. The Hall–Kier alpha value is 0.576. The van der Waals surface area contributed by atoms with Gasteiger partial charge in [0.1, 0.15) is 0 Å². The topological polar surface area (TPSA) is 0 Å². The summed E-state index contributed by atoms with van der Waals surface area (Å²) in [5.74, 6) is 0. The molecular formula is C8H21SiSn. The van der Waals surface area contributed by atoms with Crippen LogP contribution < -0.4 is 0 Å². The molecule has 2 heteroatoms. The van der Waals surface area contributed by atoms with Crippen LogP contribution in [0.4, 0.5) is 0 Å². The van der Waals surface area contributed by atoms with Gasteiger partial charge in [0.25, 0.3) is 0 Å². The molecule has 0 aliphatic heterocycles. The van der Waals surface area contributed by atoms with Crippen LogP contribution in [-0.2, 0) is 0 Å². The van der Waals surface area contributed by atoms with Gasteiger partial charge in [0.15, 0.2) is 0 Å². The van der Waals surface area contributed by atoms with Crippen molar-refractivity contribution in [1.82, 2.24) is 0 Å². The van der Waals surface area contributed by atoms with Gasteiger partial charge < -0.3 is 0 Å². The molecule has 0 bridgehead atoms. The van der Waals surface area contributed by atoms with Crippen LogP contribution in [0.3, 0.4) is 0 Å². The first kappa shape index (κ1) is 16.9. The molecule has 0 N–H and O–H groups in total. The third-order valence-electron chi connectivity index (χ3n) is 0. The Morgan fingerprint density at radius 3 is 0.900 bits per heavy atom. The number of hydrogen-bond donors (Lipinski definition) is 0. The van der Waals surface area contributed by atoms with E-state index in [1.807, 2.05) is 0 Å². The molecule has 0 amide bonds. The van der Waals surface area contributed by atoms with Crippen LogP contribution in [0.25, 0.3) is 0 Å². The van der Waals surface area contributed by atoms with E-state index >= 15 is 0 Å². The van der Waals surface area contributed by atoms with Crippen molar-refractivity contribution in [2.75, 3.05) is 0 Å². The van der Waals surface area contributed by atoms with E-state index in [1.165, 1.54) is 0 Å². The predicted octanol–water partition coefficient (Wildman–Crippen LogP) is 2.72. The molecule has 0 nitrogen and oxygen atoms in total. The van der Waals surface area contributed by atoms with Gasteiger partial charge in [-0.2, -0.15) is 0 Å². The van der Waals surface area contributed by atoms with E-state index in [0.29, 0.717) is 0 Å². The first-order chi connectivity index (χ1) is 4.46. The summed E-state index contributed by atoms with van der Waals surface area (Å²) in [6, 6.07) is 0. The summed E-state index contributed by atoms with van der Waals surface area (Å²) < 4.78 is 0. The van der Waals surface area contributed by atoms with E-state index < -0.39 is 19.8 Å². The van der Waals surface area contributed by atoms with Gasteiger partial charge >= 0.3 is 34.6 Å². The molecule has 0 aliphatic carbocycles. The average Bonchev–Trinajstić information content (AvgIpc) is 1.66. The average molecular weight is 264 g/mol. The van der Waals surface area contributed by atoms with Gasteiger partial charge in [-0.3, -0.25) is 0 Å². The summed E-state index contributed by atoms with van der Waals surface area (Å²) in [6.07, 6.45) is 8.00. The van der Waals surface area contributed by atoms with Crippen LogP contribution in [0, 0.1) is 12.8 Å². The van der Waals surface area contributed by atoms with Crippen molar-refractivity contribution in [2.45, 2.75) is 34.5 Å². The molecule has 0 unspecified atom stereocenters. The van der Waals surface area contributed by atoms with E-state index in [-0.39, 0.29) is 8.80 Å². The zero-order valence-corrected chi connectivity index (χ0v) is 12.2. The molecule has 0 saturated heterocycles. The number of rotatable bonds is 0. The third-order valence-corrected chi connectivity index (χ3v) is 0. The Kier molecular flexibility index (Phi) is 27.5. The molecule has 0 aliphatic rings. The SMILES string of the molecule is C#C.C[SiH](C)C.[CH3][Sn]([CH3])[CH3]. The molecule has 10 heavy (non-hydrogen) atoms. The van der Waals surface area contributed by atoms with E-state index in [9.17, 15) is 0 Å². The second-order valence-corrected chi connectivity index (χ2v) is 15.3. The van der Waals surface area contributed by atoms with Gasteiger partial charge in [-0.1, -0.05) is 19.6 Å². The molecule has 0 heterocycles. The monoisotopic (exact) mass is 265 g/mol. The van der Waals surface area contributed by atoms with E-state index in [0.717, 1.165) is 0 Å². The molecule has 0 aromatic rings. The Labute approximate surface area is 75.8 Å². The summed E-state index contributed by atoms with van der Waals surface area (Å²) >= 11 is -0.543. The number of terminal acetylenes is 1. The van der Waals surface area contributed by atoms with E-state index in [2.05, 4.69) is 47.3 Å². The van der Waals surface area contributed by atoms with Gasteiger partial charge in [0, 0.05) is 8.80 Å². The second kappa shape index (κ2) is 16.3. The molecule has 0 rings (SSSR count). The summed E-state index contributed by atoms with van der Waals surface area (Å²) in [6.45, 7) is 6.92. The Balaban J connectivity index is -0.0000000787. The van der Waals surface area contributed by atoms with Crippen LogP contribution in [0.15, 0.2) is 0 Å². The first-order valence-electron chi connectivity index (χ1n) is 3.57. The van der Waals surface area contributed by atoms with Crippen LogP contribution in [0.1, 0.15) is 0 Å². The van der Waals surface area contributed by atoms with Crippen molar-refractivity contribution < 1.29 is 0 Å². The predicted molar refractivity (Wildman–Crippen MR) is 58.0 cm³/mol. The molecule has 0 aromatic carbocycles. The van der Waals surface area contributed by atoms with Gasteiger partial charge in [0.05, 0.1) is 0 Å². The fraction of sp³-hybridized carbons (Fsp3) is 0.750. The summed E-state index contributed by atoms with van der Waals surface area (Å²) in [4.78, 5) is 7.09. The number of hydrogen-bond acceptors (Lipinski definition) is 0. The molecule has 0 aromatic heterocycles. The van der Waals surface area contributed by atoms with Crippen LogP contribution in [0.2, 0.25) is 34.5 Å².